The summed E-state index contributed by atoms with van der Waals surface area (Å²) in [5.41, 5.74) is 0. The van der Waals surface area contributed by atoms with E-state index < -0.39 is 49.5 Å². The monoisotopic (exact) mass is 996 g/mol. The SMILES string of the molecule is CCCCCCCCCCCCCCCCCCCCCCCCCCCC(=O)NC(COC1OC(CO)C(O)C(O)C1O)C(O)CCCCCCCCCCCCCCCCCCCCCCCC. The van der Waals surface area contributed by atoms with E-state index in [0.29, 0.717) is 12.8 Å². The van der Waals surface area contributed by atoms with Crippen LogP contribution in [0.1, 0.15) is 328 Å². The maximum absolute atomic E-state index is 13.1. The molecule has 1 saturated heterocycles. The van der Waals surface area contributed by atoms with Crippen LogP contribution >= 0.6 is 0 Å². The third kappa shape index (κ3) is 40.6. The Balaban J connectivity index is 2.15. The first-order valence-corrected chi connectivity index (χ1v) is 31.2. The molecule has 1 aliphatic heterocycles. The fraction of sp³-hybridized carbons (Fsp3) is 0.984. The van der Waals surface area contributed by atoms with Gasteiger partial charge in [-0.1, -0.05) is 309 Å². The molecule has 6 N–H and O–H groups in total. The van der Waals surface area contributed by atoms with Crippen molar-refractivity contribution in [2.45, 2.75) is 371 Å². The van der Waals surface area contributed by atoms with Gasteiger partial charge in [0.15, 0.2) is 6.29 Å². The molecule has 7 atom stereocenters. The molecule has 9 heteroatoms. The Kier molecular flexibility index (Phi) is 49.6. The van der Waals surface area contributed by atoms with Crippen LogP contribution < -0.4 is 5.32 Å². The van der Waals surface area contributed by atoms with Gasteiger partial charge in [-0.25, -0.2) is 0 Å². The van der Waals surface area contributed by atoms with Crippen molar-refractivity contribution < 1.29 is 39.8 Å². The van der Waals surface area contributed by atoms with Crippen LogP contribution in [0.25, 0.3) is 0 Å². The van der Waals surface area contributed by atoms with E-state index in [9.17, 15) is 30.3 Å². The smallest absolute Gasteiger partial charge is 0.220 e. The average Bonchev–Trinajstić information content (AvgIpc) is 3.36. The highest BCUT2D eigenvalue weighted by atomic mass is 16.7. The molecular weight excluding hydrogens is 875 g/mol. The molecular formula is C61H121NO8. The highest BCUT2D eigenvalue weighted by molar-refractivity contribution is 5.76. The molecule has 1 amide bonds. The van der Waals surface area contributed by atoms with Gasteiger partial charge in [-0.05, 0) is 12.8 Å². The molecule has 418 valence electrons. The quantitative estimate of drug-likeness (QED) is 0.0330. The molecule has 0 saturated carbocycles. The van der Waals surface area contributed by atoms with Crippen molar-refractivity contribution in [1.82, 2.24) is 5.32 Å². The zero-order chi connectivity index (χ0) is 50.8. The molecule has 0 aromatic rings. The van der Waals surface area contributed by atoms with Gasteiger partial charge >= 0.3 is 0 Å². The Morgan fingerprint density at radius 3 is 1.01 bits per heavy atom. The largest absolute Gasteiger partial charge is 0.394 e. The van der Waals surface area contributed by atoms with Gasteiger partial charge in [-0.3, -0.25) is 4.79 Å². The minimum atomic E-state index is -1.55. The zero-order valence-electron chi connectivity index (χ0n) is 46.6. The molecule has 0 aromatic heterocycles. The summed E-state index contributed by atoms with van der Waals surface area (Å²) >= 11 is 0. The Labute approximate surface area is 434 Å². The number of aliphatic hydroxyl groups excluding tert-OH is 5. The fourth-order valence-electron chi connectivity index (χ4n) is 10.5. The second-order valence-electron chi connectivity index (χ2n) is 22.2. The number of unbranched alkanes of at least 4 members (excludes halogenated alkanes) is 45. The van der Waals surface area contributed by atoms with Crippen molar-refractivity contribution in [2.75, 3.05) is 13.2 Å². The van der Waals surface area contributed by atoms with Crippen LogP contribution in [-0.4, -0.2) is 87.5 Å². The van der Waals surface area contributed by atoms with Crippen molar-refractivity contribution in [3.05, 3.63) is 0 Å². The van der Waals surface area contributed by atoms with Gasteiger partial charge in [0.1, 0.15) is 24.4 Å². The third-order valence-electron chi connectivity index (χ3n) is 15.5. The molecule has 70 heavy (non-hydrogen) atoms. The van der Waals surface area contributed by atoms with Crippen molar-refractivity contribution in [3.63, 3.8) is 0 Å². The van der Waals surface area contributed by atoms with E-state index in [4.69, 9.17) is 9.47 Å². The van der Waals surface area contributed by atoms with Gasteiger partial charge in [0.25, 0.3) is 0 Å². The lowest BCUT2D eigenvalue weighted by molar-refractivity contribution is -0.302. The first-order valence-electron chi connectivity index (χ1n) is 31.2. The lowest BCUT2D eigenvalue weighted by atomic mass is 9.99. The number of carbonyl (C=O) groups is 1. The molecule has 0 spiro atoms. The third-order valence-corrected chi connectivity index (χ3v) is 15.5. The summed E-state index contributed by atoms with van der Waals surface area (Å²) in [5, 5.41) is 54.8. The molecule has 1 fully saturated rings. The number of carbonyl (C=O) groups excluding carboxylic acids is 1. The Hall–Kier alpha value is -0.810. The van der Waals surface area contributed by atoms with E-state index >= 15 is 0 Å². The minimum Gasteiger partial charge on any atom is -0.394 e. The minimum absolute atomic E-state index is 0.131. The Morgan fingerprint density at radius 2 is 0.714 bits per heavy atom. The number of rotatable bonds is 55. The first-order chi connectivity index (χ1) is 34.3. The summed E-state index contributed by atoms with van der Waals surface area (Å²) in [4.78, 5) is 13.1. The van der Waals surface area contributed by atoms with Crippen molar-refractivity contribution >= 4 is 5.91 Å². The number of nitrogens with one attached hydrogen (secondary N) is 1. The number of hydrogen-bond acceptors (Lipinski definition) is 8. The zero-order valence-corrected chi connectivity index (χ0v) is 46.6. The second-order valence-corrected chi connectivity index (χ2v) is 22.2. The Morgan fingerprint density at radius 1 is 0.429 bits per heavy atom. The van der Waals surface area contributed by atoms with Crippen LogP contribution in [0.2, 0.25) is 0 Å². The van der Waals surface area contributed by atoms with Crippen LogP contribution in [0.4, 0.5) is 0 Å². The summed E-state index contributed by atoms with van der Waals surface area (Å²) in [6.07, 6.45) is 55.7. The lowest BCUT2D eigenvalue weighted by Crippen LogP contribution is -2.60. The highest BCUT2D eigenvalue weighted by Crippen LogP contribution is 2.24. The van der Waals surface area contributed by atoms with Gasteiger partial charge in [-0.15, -0.1) is 0 Å². The van der Waals surface area contributed by atoms with Crippen molar-refractivity contribution in [1.29, 1.82) is 0 Å². The van der Waals surface area contributed by atoms with E-state index in [1.54, 1.807) is 0 Å². The standard InChI is InChI=1S/C61H121NO8/c1-3-5-7-9-11-13-15-17-19-21-23-25-27-28-29-31-33-35-37-39-41-43-45-47-49-51-57(65)62-54(53-69-61-60(68)59(67)58(66)56(52-63)70-61)55(64)50-48-46-44-42-40-38-36-34-32-30-26-24-22-20-18-16-14-12-10-8-6-4-2/h54-56,58-61,63-64,66-68H,3-53H2,1-2H3,(H,62,65). The maximum Gasteiger partial charge on any atom is 0.220 e. The summed E-state index contributed by atoms with van der Waals surface area (Å²) in [6, 6.07) is -0.714. The lowest BCUT2D eigenvalue weighted by Gasteiger charge is -2.40. The van der Waals surface area contributed by atoms with Gasteiger partial charge in [0.2, 0.25) is 5.91 Å². The van der Waals surface area contributed by atoms with Crippen LogP contribution in [0, 0.1) is 0 Å². The molecule has 0 bridgehead atoms. The molecule has 1 rings (SSSR count). The summed E-state index contributed by atoms with van der Waals surface area (Å²) in [7, 11) is 0. The van der Waals surface area contributed by atoms with Gasteiger partial charge < -0.3 is 40.3 Å². The molecule has 1 aliphatic rings. The van der Waals surface area contributed by atoms with E-state index in [1.807, 2.05) is 0 Å². The van der Waals surface area contributed by atoms with Gasteiger partial charge in [-0.2, -0.15) is 0 Å². The van der Waals surface area contributed by atoms with Crippen LogP contribution in [0.15, 0.2) is 0 Å². The molecule has 9 nitrogen and oxygen atoms in total. The number of aliphatic hydroxyl groups is 5. The van der Waals surface area contributed by atoms with E-state index in [-0.39, 0.29) is 12.5 Å². The first kappa shape index (κ1) is 67.2. The summed E-state index contributed by atoms with van der Waals surface area (Å²) in [6.45, 7) is 3.90. The predicted molar refractivity (Wildman–Crippen MR) is 295 cm³/mol. The van der Waals surface area contributed by atoms with Gasteiger partial charge in [0.05, 0.1) is 25.4 Å². The van der Waals surface area contributed by atoms with Crippen LogP contribution in [-0.2, 0) is 14.3 Å². The second kappa shape index (κ2) is 51.7. The van der Waals surface area contributed by atoms with Crippen LogP contribution in [0.3, 0.4) is 0 Å². The number of amides is 1. The number of hydrogen-bond donors (Lipinski definition) is 6. The van der Waals surface area contributed by atoms with Crippen molar-refractivity contribution in [3.8, 4) is 0 Å². The van der Waals surface area contributed by atoms with E-state index in [1.165, 1.54) is 263 Å². The number of ether oxygens (including phenoxy) is 2. The summed E-state index contributed by atoms with van der Waals surface area (Å²) in [5.74, 6) is -0.135. The van der Waals surface area contributed by atoms with Crippen LogP contribution in [0.5, 0.6) is 0 Å². The topological polar surface area (TPSA) is 149 Å². The molecule has 0 aromatic carbocycles. The van der Waals surface area contributed by atoms with Gasteiger partial charge in [0, 0.05) is 6.42 Å². The summed E-state index contributed by atoms with van der Waals surface area (Å²) < 4.78 is 11.3. The maximum atomic E-state index is 13.1. The highest BCUT2D eigenvalue weighted by Gasteiger charge is 2.44. The molecule has 1 heterocycles. The van der Waals surface area contributed by atoms with E-state index in [0.717, 1.165) is 38.5 Å². The van der Waals surface area contributed by atoms with Crippen molar-refractivity contribution in [2.24, 2.45) is 0 Å². The molecule has 7 unspecified atom stereocenters. The normalized spacial score (nSPS) is 19.2. The Bertz CT molecular complexity index is 1060. The van der Waals surface area contributed by atoms with E-state index in [2.05, 4.69) is 19.2 Å². The molecule has 0 radical (unpaired) electrons. The average molecular weight is 997 g/mol. The fourth-order valence-corrected chi connectivity index (χ4v) is 10.5. The predicted octanol–water partition coefficient (Wildman–Crippen LogP) is 15.8. The molecule has 0 aliphatic carbocycles.